The van der Waals surface area contributed by atoms with Gasteiger partial charge in [-0.3, -0.25) is 4.79 Å². The maximum Gasteiger partial charge on any atom is 0.236 e. The minimum Gasteiger partial charge on any atom is -0.488 e. The molecular weight excluding hydrogens is 384 g/mol. The lowest BCUT2D eigenvalue weighted by Gasteiger charge is -2.10. The smallest absolute Gasteiger partial charge is 0.236 e. The molecule has 1 aliphatic heterocycles. The summed E-state index contributed by atoms with van der Waals surface area (Å²) in [4.78, 5) is 11.1. The molecule has 134 valence electrons. The second-order valence-corrected chi connectivity index (χ2v) is 6.59. The molecule has 0 radical (unpaired) electrons. The average Bonchev–Trinajstić information content (AvgIpc) is 3.01. The molecule has 0 saturated carbocycles. The fourth-order valence-corrected chi connectivity index (χ4v) is 2.88. The van der Waals surface area contributed by atoms with E-state index >= 15 is 0 Å². The minimum absolute atomic E-state index is 0.0883. The summed E-state index contributed by atoms with van der Waals surface area (Å²) < 4.78 is 32.3. The van der Waals surface area contributed by atoms with E-state index in [0.29, 0.717) is 27.3 Å². The highest BCUT2D eigenvalue weighted by Crippen LogP contribution is 2.23. The Kier molecular flexibility index (Phi) is 5.85. The zero-order valence-electron chi connectivity index (χ0n) is 13.2. The van der Waals surface area contributed by atoms with Gasteiger partial charge in [0.1, 0.15) is 24.0 Å². The lowest BCUT2D eigenvalue weighted by molar-refractivity contribution is -0.116. The van der Waals surface area contributed by atoms with Gasteiger partial charge >= 0.3 is 0 Å². The van der Waals surface area contributed by atoms with Crippen molar-refractivity contribution in [3.05, 3.63) is 64.2 Å². The highest BCUT2D eigenvalue weighted by molar-refractivity contribution is 8.15. The van der Waals surface area contributed by atoms with Gasteiger partial charge in [-0.25, -0.2) is 8.78 Å². The first-order valence-electron chi connectivity index (χ1n) is 7.41. The molecule has 0 spiro atoms. The summed E-state index contributed by atoms with van der Waals surface area (Å²) in [5.74, 6) is -0.748. The Balaban J connectivity index is 1.74. The zero-order chi connectivity index (χ0) is 18.5. The maximum atomic E-state index is 13.7. The number of amidine groups is 1. The van der Waals surface area contributed by atoms with Gasteiger partial charge in [-0.05, 0) is 30.3 Å². The fraction of sp³-hybridized carbons (Fsp3) is 0.118. The third kappa shape index (κ3) is 4.80. The molecular formula is C17H12ClF2N3O2S. The Bertz CT molecular complexity index is 906. The van der Waals surface area contributed by atoms with Crippen LogP contribution in [-0.2, 0) is 11.4 Å². The van der Waals surface area contributed by atoms with Gasteiger partial charge in [0.25, 0.3) is 0 Å². The Hall–Kier alpha value is -2.45. The number of amides is 1. The highest BCUT2D eigenvalue weighted by Gasteiger charge is 2.16. The van der Waals surface area contributed by atoms with Crippen LogP contribution >= 0.6 is 23.4 Å². The number of nitrogens with one attached hydrogen (secondary N) is 1. The SMILES string of the molecule is O=C1CSC(=NN=Cc2cc(Cl)ccc2OCc2ccc(F)cc2F)N1. The van der Waals surface area contributed by atoms with E-state index in [-0.39, 0.29) is 18.1 Å². The van der Waals surface area contributed by atoms with Crippen LogP contribution < -0.4 is 10.1 Å². The summed E-state index contributed by atoms with van der Waals surface area (Å²) in [5, 5.41) is 11.2. The lowest BCUT2D eigenvalue weighted by Crippen LogP contribution is -2.19. The second-order valence-electron chi connectivity index (χ2n) is 5.19. The van der Waals surface area contributed by atoms with Crippen LogP contribution in [0.1, 0.15) is 11.1 Å². The van der Waals surface area contributed by atoms with Crippen molar-refractivity contribution in [2.75, 3.05) is 5.75 Å². The van der Waals surface area contributed by atoms with Crippen molar-refractivity contribution < 1.29 is 18.3 Å². The number of hydrogen-bond acceptors (Lipinski definition) is 5. The summed E-state index contributed by atoms with van der Waals surface area (Å²) in [7, 11) is 0. The first-order valence-corrected chi connectivity index (χ1v) is 8.77. The van der Waals surface area contributed by atoms with Gasteiger partial charge in [-0.2, -0.15) is 5.10 Å². The molecule has 0 aromatic heterocycles. The van der Waals surface area contributed by atoms with Crippen LogP contribution in [-0.4, -0.2) is 23.0 Å². The Morgan fingerprint density at radius 3 is 2.85 bits per heavy atom. The van der Waals surface area contributed by atoms with Crippen molar-refractivity contribution in [1.82, 2.24) is 5.32 Å². The topological polar surface area (TPSA) is 63.0 Å². The average molecular weight is 396 g/mol. The van der Waals surface area contributed by atoms with Crippen LogP contribution in [0, 0.1) is 11.6 Å². The quantitative estimate of drug-likeness (QED) is 0.619. The normalized spacial score (nSPS) is 15.7. The van der Waals surface area contributed by atoms with E-state index in [1.54, 1.807) is 18.2 Å². The third-order valence-electron chi connectivity index (χ3n) is 3.30. The van der Waals surface area contributed by atoms with Crippen LogP contribution in [0.4, 0.5) is 8.78 Å². The van der Waals surface area contributed by atoms with Crippen LogP contribution in [0.15, 0.2) is 46.6 Å². The second kappa shape index (κ2) is 8.29. The van der Waals surface area contributed by atoms with E-state index in [2.05, 4.69) is 15.5 Å². The molecule has 0 bridgehead atoms. The molecule has 3 rings (SSSR count). The summed E-state index contributed by atoms with van der Waals surface area (Å²) in [6.45, 7) is -0.0883. The number of thioether (sulfide) groups is 1. The van der Waals surface area contributed by atoms with Gasteiger partial charge in [-0.15, -0.1) is 5.10 Å². The molecule has 2 aromatic carbocycles. The van der Waals surface area contributed by atoms with Gasteiger partial charge < -0.3 is 10.1 Å². The monoisotopic (exact) mass is 395 g/mol. The standard InChI is InChI=1S/C17H12ClF2N3O2S/c18-12-2-4-15(25-8-10-1-3-13(19)6-14(10)20)11(5-12)7-21-23-17-22-16(24)9-26-17/h1-7H,8-9H2,(H,22,23,24). The molecule has 0 unspecified atom stereocenters. The molecule has 1 aliphatic rings. The van der Waals surface area contributed by atoms with Gasteiger partial charge in [-0.1, -0.05) is 23.4 Å². The molecule has 2 aromatic rings. The summed E-state index contributed by atoms with van der Waals surface area (Å²) in [6, 6.07) is 8.13. The summed E-state index contributed by atoms with van der Waals surface area (Å²) >= 11 is 7.24. The Labute approximate surface area is 157 Å². The molecule has 1 saturated heterocycles. The molecule has 1 fully saturated rings. The summed E-state index contributed by atoms with van der Waals surface area (Å²) in [5.41, 5.74) is 0.744. The number of hydrogen-bond donors (Lipinski definition) is 1. The van der Waals surface area contributed by atoms with Gasteiger partial charge in [0.15, 0.2) is 5.17 Å². The lowest BCUT2D eigenvalue weighted by atomic mass is 10.2. The van der Waals surface area contributed by atoms with Crippen molar-refractivity contribution >= 4 is 40.7 Å². The number of rotatable bonds is 5. The van der Waals surface area contributed by atoms with Crippen molar-refractivity contribution in [2.45, 2.75) is 6.61 Å². The third-order valence-corrected chi connectivity index (χ3v) is 4.40. The molecule has 9 heteroatoms. The first-order chi connectivity index (χ1) is 12.5. The number of ether oxygens (including phenoxy) is 1. The highest BCUT2D eigenvalue weighted by atomic mass is 35.5. The molecule has 0 atom stereocenters. The maximum absolute atomic E-state index is 13.7. The van der Waals surface area contributed by atoms with Crippen molar-refractivity contribution in [1.29, 1.82) is 0 Å². The number of carbonyl (C=O) groups excluding carboxylic acids is 1. The molecule has 26 heavy (non-hydrogen) atoms. The van der Waals surface area contributed by atoms with Crippen molar-refractivity contribution in [3.8, 4) is 5.75 Å². The number of halogens is 3. The van der Waals surface area contributed by atoms with Gasteiger partial charge in [0.2, 0.25) is 5.91 Å². The Morgan fingerprint density at radius 2 is 2.12 bits per heavy atom. The van der Waals surface area contributed by atoms with Crippen LogP contribution in [0.3, 0.4) is 0 Å². The van der Waals surface area contributed by atoms with Crippen molar-refractivity contribution in [3.63, 3.8) is 0 Å². The zero-order valence-corrected chi connectivity index (χ0v) is 14.8. The van der Waals surface area contributed by atoms with E-state index in [9.17, 15) is 13.6 Å². The van der Waals surface area contributed by atoms with E-state index < -0.39 is 11.6 Å². The minimum atomic E-state index is -0.686. The predicted octanol–water partition coefficient (Wildman–Crippen LogP) is 3.75. The first kappa shape index (κ1) is 18.3. The number of benzene rings is 2. The van der Waals surface area contributed by atoms with Crippen LogP contribution in [0.25, 0.3) is 0 Å². The van der Waals surface area contributed by atoms with Crippen LogP contribution in [0.5, 0.6) is 5.75 Å². The van der Waals surface area contributed by atoms with Gasteiger partial charge in [0, 0.05) is 22.2 Å². The largest absolute Gasteiger partial charge is 0.488 e. The molecule has 1 N–H and O–H groups in total. The number of nitrogens with zero attached hydrogens (tertiary/aromatic N) is 2. The van der Waals surface area contributed by atoms with E-state index in [1.807, 2.05) is 0 Å². The fourth-order valence-electron chi connectivity index (χ4n) is 2.07. The van der Waals surface area contributed by atoms with Crippen molar-refractivity contribution in [2.24, 2.45) is 10.2 Å². The van der Waals surface area contributed by atoms with E-state index in [4.69, 9.17) is 16.3 Å². The molecule has 1 amide bonds. The summed E-state index contributed by atoms with van der Waals surface area (Å²) in [6.07, 6.45) is 1.42. The molecule has 1 heterocycles. The van der Waals surface area contributed by atoms with E-state index in [0.717, 1.165) is 12.1 Å². The Morgan fingerprint density at radius 1 is 1.27 bits per heavy atom. The van der Waals surface area contributed by atoms with E-state index in [1.165, 1.54) is 24.0 Å². The number of carbonyl (C=O) groups is 1. The van der Waals surface area contributed by atoms with Gasteiger partial charge in [0.05, 0.1) is 12.0 Å². The molecule has 0 aliphatic carbocycles. The molecule has 5 nitrogen and oxygen atoms in total. The van der Waals surface area contributed by atoms with Crippen LogP contribution in [0.2, 0.25) is 5.02 Å². The predicted molar refractivity (Wildman–Crippen MR) is 97.8 cm³/mol.